The number of fused-ring (bicyclic) bond motifs is 1. The molecule has 3 aromatic rings. The van der Waals surface area contributed by atoms with Crippen LogP contribution < -0.4 is 5.32 Å². The molecule has 26 heavy (non-hydrogen) atoms. The van der Waals surface area contributed by atoms with Crippen molar-refractivity contribution in [3.63, 3.8) is 0 Å². The molecule has 0 saturated carbocycles. The van der Waals surface area contributed by atoms with Crippen LogP contribution >= 0.6 is 11.8 Å². The summed E-state index contributed by atoms with van der Waals surface area (Å²) in [5.41, 5.74) is 3.10. The third kappa shape index (κ3) is 4.14. The largest absolute Gasteiger partial charge is 0.378 e. The van der Waals surface area contributed by atoms with E-state index in [1.807, 2.05) is 31.2 Å². The lowest BCUT2D eigenvalue weighted by atomic mass is 10.1. The number of carbonyl (C=O) groups is 1. The fraction of sp³-hybridized carbons (Fsp3) is 0.200. The highest BCUT2D eigenvalue weighted by molar-refractivity contribution is 8.08. The number of aromatic amines is 1. The highest BCUT2D eigenvalue weighted by Gasteiger charge is 2.09. The molecule has 0 saturated heterocycles. The van der Waals surface area contributed by atoms with E-state index in [-0.39, 0.29) is 21.0 Å². The van der Waals surface area contributed by atoms with Crippen LogP contribution in [0.15, 0.2) is 48.5 Å². The third-order valence-electron chi connectivity index (χ3n) is 3.90. The van der Waals surface area contributed by atoms with Gasteiger partial charge in [0, 0.05) is 19.0 Å². The zero-order valence-electron chi connectivity index (χ0n) is 14.7. The average molecular weight is 373 g/mol. The van der Waals surface area contributed by atoms with Crippen LogP contribution in [0.5, 0.6) is 0 Å². The first-order valence-electron chi connectivity index (χ1n) is 8.42. The van der Waals surface area contributed by atoms with Gasteiger partial charge in [-0.25, -0.2) is 9.37 Å². The monoisotopic (exact) mass is 373 g/mol. The van der Waals surface area contributed by atoms with Gasteiger partial charge in [-0.3, -0.25) is 4.79 Å². The molecule has 0 radical (unpaired) electrons. The Hall–Kier alpha value is -2.60. The third-order valence-corrected chi connectivity index (χ3v) is 4.93. The fourth-order valence-electron chi connectivity index (χ4n) is 2.60. The second kappa shape index (κ2) is 8.19. The molecule has 0 atom stereocenters. The number of allylic oxidation sites excluding steroid dienone is 1. The van der Waals surface area contributed by atoms with E-state index in [0.29, 0.717) is 5.56 Å². The van der Waals surface area contributed by atoms with Gasteiger partial charge in [-0.15, -0.1) is 11.8 Å². The summed E-state index contributed by atoms with van der Waals surface area (Å²) >= 11 is 1.74. The number of anilines is 1. The fourth-order valence-corrected chi connectivity index (χ4v) is 3.31. The lowest BCUT2D eigenvalue weighted by molar-refractivity contribution is 0.101. The first-order valence-corrected chi connectivity index (χ1v) is 9.41. The molecular weight excluding hydrogens is 349 g/mol. The van der Waals surface area contributed by atoms with Crippen molar-refractivity contribution in [3.8, 4) is 0 Å². The van der Waals surface area contributed by atoms with Gasteiger partial charge < -0.3 is 10.3 Å². The van der Waals surface area contributed by atoms with E-state index in [9.17, 15) is 9.18 Å². The van der Waals surface area contributed by atoms with E-state index in [2.05, 4.69) is 22.2 Å². The van der Waals surface area contributed by atoms with E-state index in [1.54, 1.807) is 11.8 Å². The normalized spacial score (nSPS) is 11.7. The summed E-state index contributed by atoms with van der Waals surface area (Å²) in [7, 11) is 0. The Morgan fingerprint density at radius 1 is 1.31 bits per heavy atom. The molecule has 3 rings (SSSR count). The molecule has 0 amide bonds. The van der Waals surface area contributed by atoms with Crippen molar-refractivity contribution in [2.75, 3.05) is 17.6 Å². The summed E-state index contributed by atoms with van der Waals surface area (Å²) in [4.78, 5) is 21.2. The van der Waals surface area contributed by atoms with Crippen molar-refractivity contribution in [1.82, 2.24) is 9.97 Å². The van der Waals surface area contributed by atoms with Crippen LogP contribution in [0.2, 0.25) is 0 Å². The number of hydrogen-bond acceptors (Lipinski definition) is 4. The molecule has 6 heteroatoms. The number of thioether (sulfide) groups is 1. The molecule has 0 bridgehead atoms. The lowest BCUT2D eigenvalue weighted by Gasteiger charge is -2.06. The minimum Gasteiger partial charge on any atom is -0.378 e. The van der Waals surface area contributed by atoms with Crippen LogP contribution in [-0.4, -0.2) is 28.0 Å². The van der Waals surface area contributed by atoms with E-state index >= 15 is 0 Å². The van der Waals surface area contributed by atoms with E-state index in [1.165, 1.54) is 24.3 Å². The predicted octanol–water partition coefficient (Wildman–Crippen LogP) is 5.60. The molecule has 2 aromatic carbocycles. The number of H-pyrrole nitrogens is 1. The van der Waals surface area contributed by atoms with Gasteiger partial charge >= 0.3 is 0 Å². The molecule has 4 nitrogen and oxygen atoms in total. The smallest absolute Gasteiger partial charge is 0.181 e. The van der Waals surface area contributed by atoms with Gasteiger partial charge in [0.05, 0.1) is 17.6 Å². The van der Waals surface area contributed by atoms with Crippen molar-refractivity contribution >= 4 is 39.2 Å². The highest BCUT2D eigenvalue weighted by Crippen LogP contribution is 2.27. The van der Waals surface area contributed by atoms with E-state index in [0.717, 1.165) is 33.2 Å². The number of aromatic nitrogens is 2. The summed E-state index contributed by atoms with van der Waals surface area (Å²) < 4.78 is 12.9. The molecule has 138 valence electrons. The molecular formula is C20H24FN3OS. The zero-order chi connectivity index (χ0) is 18.5. The Morgan fingerprint density at radius 3 is 2.77 bits per heavy atom. The second-order valence-electron chi connectivity index (χ2n) is 5.69. The SMILES string of the molecule is C/C=C(\SCC)c1nc2ccc(NCC(=O)c3ccc(F)cc3)cc2[nH]1.[HH].[HH]. The number of benzene rings is 2. The number of imidazole rings is 1. The predicted molar refractivity (Wildman–Crippen MR) is 111 cm³/mol. The van der Waals surface area contributed by atoms with Gasteiger partial charge in [-0.05, 0) is 55.1 Å². The molecule has 0 fully saturated rings. The van der Waals surface area contributed by atoms with Crippen molar-refractivity contribution in [2.24, 2.45) is 0 Å². The summed E-state index contributed by atoms with van der Waals surface area (Å²) in [6.45, 7) is 4.25. The van der Waals surface area contributed by atoms with Crippen molar-refractivity contribution < 1.29 is 12.0 Å². The van der Waals surface area contributed by atoms with Crippen molar-refractivity contribution in [2.45, 2.75) is 13.8 Å². The number of nitrogens with zero attached hydrogens (tertiary/aromatic N) is 1. The Bertz CT molecular complexity index is 958. The second-order valence-corrected chi connectivity index (χ2v) is 6.99. The molecule has 2 N–H and O–H groups in total. The molecule has 0 unspecified atom stereocenters. The number of hydrogen-bond donors (Lipinski definition) is 2. The minimum absolute atomic E-state index is 0. The van der Waals surface area contributed by atoms with Gasteiger partial charge in [0.25, 0.3) is 0 Å². The molecule has 1 aromatic heterocycles. The van der Waals surface area contributed by atoms with Gasteiger partial charge in [-0.1, -0.05) is 13.0 Å². The quantitative estimate of drug-likeness (QED) is 0.529. The molecule has 0 spiro atoms. The average Bonchev–Trinajstić information content (AvgIpc) is 3.07. The van der Waals surface area contributed by atoms with Crippen LogP contribution in [0.4, 0.5) is 10.1 Å². The lowest BCUT2D eigenvalue weighted by Crippen LogP contribution is -2.13. The maximum absolute atomic E-state index is 12.9. The number of halogens is 1. The zero-order valence-corrected chi connectivity index (χ0v) is 15.5. The van der Waals surface area contributed by atoms with E-state index in [4.69, 9.17) is 0 Å². The van der Waals surface area contributed by atoms with Crippen LogP contribution in [-0.2, 0) is 0 Å². The Labute approximate surface area is 158 Å². The number of Topliss-reactive ketones (excluding diaryl/α,β-unsaturated/α-hetero) is 1. The van der Waals surface area contributed by atoms with Crippen LogP contribution in [0.1, 0.15) is 32.9 Å². The Morgan fingerprint density at radius 2 is 2.08 bits per heavy atom. The topological polar surface area (TPSA) is 57.8 Å². The standard InChI is InChI=1S/C20H20FN3OS.2H2/c1-3-19(26-4-2)20-23-16-10-9-15(11-17(16)24-20)22-12-18(25)13-5-7-14(21)8-6-13;;/h3,5-11,22H,4,12H2,1-2H3,(H,23,24);2*1H/b19-3-;;. The summed E-state index contributed by atoms with van der Waals surface area (Å²) in [6, 6.07) is 11.3. The van der Waals surface area contributed by atoms with E-state index < -0.39 is 0 Å². The summed E-state index contributed by atoms with van der Waals surface area (Å²) in [5, 5.41) is 3.12. The van der Waals surface area contributed by atoms with Crippen LogP contribution in [0.25, 0.3) is 15.9 Å². The van der Waals surface area contributed by atoms with Gasteiger partial charge in [0.1, 0.15) is 11.6 Å². The summed E-state index contributed by atoms with van der Waals surface area (Å²) in [5.74, 6) is 1.39. The minimum atomic E-state index is -0.350. The summed E-state index contributed by atoms with van der Waals surface area (Å²) in [6.07, 6.45) is 2.05. The number of carbonyl (C=O) groups excluding carboxylic acids is 1. The first kappa shape index (κ1) is 18.2. The van der Waals surface area contributed by atoms with Crippen LogP contribution in [0.3, 0.4) is 0 Å². The maximum Gasteiger partial charge on any atom is 0.181 e. The number of rotatable bonds is 7. The molecule has 0 aliphatic carbocycles. The van der Waals surface area contributed by atoms with Crippen molar-refractivity contribution in [1.29, 1.82) is 0 Å². The van der Waals surface area contributed by atoms with Gasteiger partial charge in [0.2, 0.25) is 0 Å². The Kier molecular flexibility index (Phi) is 5.73. The first-order chi connectivity index (χ1) is 12.6. The van der Waals surface area contributed by atoms with Crippen LogP contribution in [0, 0.1) is 5.82 Å². The maximum atomic E-state index is 12.9. The van der Waals surface area contributed by atoms with Gasteiger partial charge in [-0.2, -0.15) is 0 Å². The van der Waals surface area contributed by atoms with Crippen molar-refractivity contribution in [3.05, 3.63) is 65.7 Å². The number of nitrogens with one attached hydrogen (secondary N) is 2. The molecule has 1 heterocycles. The van der Waals surface area contributed by atoms with Gasteiger partial charge in [0.15, 0.2) is 5.78 Å². The molecule has 0 aliphatic rings. The molecule has 0 aliphatic heterocycles. The highest BCUT2D eigenvalue weighted by atomic mass is 32.2. The Balaban J connectivity index is 0.00000196. The number of ketones is 1.